The standard InChI is InChI=1S/C11H18N4O3S/c1-7-9(12)10(15(3)13-7)11(16)14(2)8-4-5-19(17,18)6-8/h8H,4-6,12H2,1-3H3. The summed E-state index contributed by atoms with van der Waals surface area (Å²) in [6, 6.07) is -0.285. The Hall–Kier alpha value is -1.57. The van der Waals surface area contributed by atoms with Crippen LogP contribution < -0.4 is 5.73 Å². The second-order valence-corrected chi connectivity index (χ2v) is 7.17. The molecule has 1 aromatic heterocycles. The van der Waals surface area contributed by atoms with Crippen molar-refractivity contribution in [2.24, 2.45) is 7.05 Å². The molecule has 0 saturated carbocycles. The third-order valence-corrected chi connectivity index (χ3v) is 5.30. The summed E-state index contributed by atoms with van der Waals surface area (Å²) in [5, 5.41) is 4.10. The molecular weight excluding hydrogens is 268 g/mol. The molecule has 106 valence electrons. The van der Waals surface area contributed by atoms with Gasteiger partial charge in [-0.2, -0.15) is 5.10 Å². The van der Waals surface area contributed by atoms with Crippen molar-refractivity contribution >= 4 is 21.4 Å². The van der Waals surface area contributed by atoms with Gasteiger partial charge in [-0.1, -0.05) is 0 Å². The molecule has 0 spiro atoms. The molecule has 0 bridgehead atoms. The molecule has 1 atom stereocenters. The number of amides is 1. The smallest absolute Gasteiger partial charge is 0.274 e. The number of carbonyl (C=O) groups excluding carboxylic acids is 1. The minimum Gasteiger partial charge on any atom is -0.395 e. The van der Waals surface area contributed by atoms with Gasteiger partial charge in [0.2, 0.25) is 0 Å². The highest BCUT2D eigenvalue weighted by atomic mass is 32.2. The molecule has 1 unspecified atom stereocenters. The largest absolute Gasteiger partial charge is 0.395 e. The van der Waals surface area contributed by atoms with Crippen LogP contribution in [-0.4, -0.2) is 53.6 Å². The molecule has 19 heavy (non-hydrogen) atoms. The van der Waals surface area contributed by atoms with E-state index < -0.39 is 9.84 Å². The van der Waals surface area contributed by atoms with Gasteiger partial charge in [0.25, 0.3) is 5.91 Å². The van der Waals surface area contributed by atoms with Gasteiger partial charge in [-0.3, -0.25) is 9.48 Å². The van der Waals surface area contributed by atoms with Crippen LogP contribution in [0.5, 0.6) is 0 Å². The van der Waals surface area contributed by atoms with Gasteiger partial charge in [0.05, 0.1) is 22.9 Å². The zero-order chi connectivity index (χ0) is 14.4. The summed E-state index contributed by atoms with van der Waals surface area (Å²) < 4.78 is 24.4. The van der Waals surface area contributed by atoms with E-state index in [4.69, 9.17) is 5.73 Å². The fourth-order valence-corrected chi connectivity index (χ4v) is 4.12. The number of nitrogens with two attached hydrogens (primary N) is 1. The van der Waals surface area contributed by atoms with Crippen LogP contribution in [0.25, 0.3) is 0 Å². The summed E-state index contributed by atoms with van der Waals surface area (Å²) >= 11 is 0. The van der Waals surface area contributed by atoms with Crippen molar-refractivity contribution in [3.05, 3.63) is 11.4 Å². The molecule has 0 aromatic carbocycles. The van der Waals surface area contributed by atoms with Crippen LogP contribution in [0.15, 0.2) is 0 Å². The molecule has 0 radical (unpaired) electrons. The van der Waals surface area contributed by atoms with Crippen LogP contribution >= 0.6 is 0 Å². The van der Waals surface area contributed by atoms with Gasteiger partial charge in [-0.15, -0.1) is 0 Å². The first-order valence-electron chi connectivity index (χ1n) is 5.99. The van der Waals surface area contributed by atoms with Gasteiger partial charge in [-0.05, 0) is 13.3 Å². The minimum absolute atomic E-state index is 0.0198. The van der Waals surface area contributed by atoms with Crippen LogP contribution in [0.3, 0.4) is 0 Å². The second-order valence-electron chi connectivity index (χ2n) is 4.94. The number of aromatic nitrogens is 2. The van der Waals surface area contributed by atoms with E-state index in [-0.39, 0.29) is 23.5 Å². The molecule has 1 fully saturated rings. The van der Waals surface area contributed by atoms with E-state index in [1.807, 2.05) is 0 Å². The highest BCUT2D eigenvalue weighted by Gasteiger charge is 2.34. The van der Waals surface area contributed by atoms with Crippen molar-refractivity contribution in [1.29, 1.82) is 0 Å². The second kappa shape index (κ2) is 4.52. The first-order valence-corrected chi connectivity index (χ1v) is 7.81. The lowest BCUT2D eigenvalue weighted by atomic mass is 10.2. The van der Waals surface area contributed by atoms with Crippen molar-refractivity contribution in [3.63, 3.8) is 0 Å². The highest BCUT2D eigenvalue weighted by Crippen LogP contribution is 2.22. The molecule has 1 aliphatic heterocycles. The number of hydrogen-bond donors (Lipinski definition) is 1. The molecular formula is C11H18N4O3S. The summed E-state index contributed by atoms with van der Waals surface area (Å²) in [6.45, 7) is 1.73. The lowest BCUT2D eigenvalue weighted by Gasteiger charge is -2.23. The Morgan fingerprint density at radius 1 is 1.53 bits per heavy atom. The number of aryl methyl sites for hydroxylation is 2. The van der Waals surface area contributed by atoms with Gasteiger partial charge in [0.15, 0.2) is 9.84 Å². The number of rotatable bonds is 2. The number of nitrogens with zero attached hydrogens (tertiary/aromatic N) is 3. The van der Waals surface area contributed by atoms with E-state index in [2.05, 4.69) is 5.10 Å². The van der Waals surface area contributed by atoms with Crippen molar-refractivity contribution in [3.8, 4) is 0 Å². The number of sulfone groups is 1. The van der Waals surface area contributed by atoms with E-state index in [0.717, 1.165) is 0 Å². The Labute approximate surface area is 112 Å². The van der Waals surface area contributed by atoms with Crippen molar-refractivity contribution < 1.29 is 13.2 Å². The number of carbonyl (C=O) groups is 1. The predicted molar refractivity (Wildman–Crippen MR) is 71.5 cm³/mol. The van der Waals surface area contributed by atoms with E-state index in [0.29, 0.717) is 23.5 Å². The summed E-state index contributed by atoms with van der Waals surface area (Å²) in [5.41, 5.74) is 7.10. The maximum absolute atomic E-state index is 12.4. The Morgan fingerprint density at radius 3 is 2.58 bits per heavy atom. The lowest BCUT2D eigenvalue weighted by Crippen LogP contribution is -2.39. The first-order chi connectivity index (χ1) is 8.73. The van der Waals surface area contributed by atoms with Crippen LogP contribution in [-0.2, 0) is 16.9 Å². The van der Waals surface area contributed by atoms with Crippen LogP contribution in [0.4, 0.5) is 5.69 Å². The molecule has 2 heterocycles. The van der Waals surface area contributed by atoms with Gasteiger partial charge in [0, 0.05) is 20.1 Å². The van der Waals surface area contributed by atoms with E-state index in [1.54, 1.807) is 21.0 Å². The fraction of sp³-hybridized carbons (Fsp3) is 0.636. The molecule has 2 rings (SSSR count). The zero-order valence-electron chi connectivity index (χ0n) is 11.3. The first kappa shape index (κ1) is 13.9. The quantitative estimate of drug-likeness (QED) is 0.795. The molecule has 8 heteroatoms. The zero-order valence-corrected chi connectivity index (χ0v) is 12.1. The molecule has 2 N–H and O–H groups in total. The molecule has 0 aliphatic carbocycles. The average Bonchev–Trinajstić information content (AvgIpc) is 2.79. The van der Waals surface area contributed by atoms with E-state index in [1.165, 1.54) is 9.58 Å². The maximum Gasteiger partial charge on any atom is 0.274 e. The van der Waals surface area contributed by atoms with E-state index >= 15 is 0 Å². The fourth-order valence-electron chi connectivity index (χ4n) is 2.34. The minimum atomic E-state index is -3.02. The summed E-state index contributed by atoms with van der Waals surface area (Å²) in [7, 11) is 0.237. The van der Waals surface area contributed by atoms with Gasteiger partial charge in [0.1, 0.15) is 5.69 Å². The van der Waals surface area contributed by atoms with Crippen LogP contribution in [0.2, 0.25) is 0 Å². The Bertz CT molecular complexity index is 620. The highest BCUT2D eigenvalue weighted by molar-refractivity contribution is 7.91. The number of nitrogen functional groups attached to an aromatic ring is 1. The average molecular weight is 286 g/mol. The third-order valence-electron chi connectivity index (χ3n) is 3.55. The van der Waals surface area contributed by atoms with Gasteiger partial charge >= 0.3 is 0 Å². The van der Waals surface area contributed by atoms with Gasteiger partial charge in [-0.25, -0.2) is 8.42 Å². The summed E-state index contributed by atoms with van der Waals surface area (Å²) in [4.78, 5) is 13.8. The summed E-state index contributed by atoms with van der Waals surface area (Å²) in [6.07, 6.45) is 0.474. The molecule has 1 amide bonds. The van der Waals surface area contributed by atoms with Crippen molar-refractivity contribution in [2.45, 2.75) is 19.4 Å². The third kappa shape index (κ3) is 2.44. The number of hydrogen-bond acceptors (Lipinski definition) is 5. The SMILES string of the molecule is Cc1nn(C)c(C(=O)N(C)C2CCS(=O)(=O)C2)c1N. The number of anilines is 1. The normalized spacial score (nSPS) is 21.5. The molecule has 1 saturated heterocycles. The molecule has 1 aliphatic rings. The monoisotopic (exact) mass is 286 g/mol. The molecule has 7 nitrogen and oxygen atoms in total. The maximum atomic E-state index is 12.4. The van der Waals surface area contributed by atoms with Crippen LogP contribution in [0.1, 0.15) is 22.6 Å². The molecule has 1 aromatic rings. The van der Waals surface area contributed by atoms with E-state index in [9.17, 15) is 13.2 Å². The van der Waals surface area contributed by atoms with Crippen molar-refractivity contribution in [2.75, 3.05) is 24.3 Å². The topological polar surface area (TPSA) is 98.3 Å². The Balaban J connectivity index is 2.25. The van der Waals surface area contributed by atoms with Crippen molar-refractivity contribution in [1.82, 2.24) is 14.7 Å². The summed E-state index contributed by atoms with van der Waals surface area (Å²) in [5.74, 6) is -0.135. The predicted octanol–water partition coefficient (Wildman–Crippen LogP) is -0.430. The lowest BCUT2D eigenvalue weighted by molar-refractivity contribution is 0.0737. The Morgan fingerprint density at radius 2 is 2.16 bits per heavy atom. The van der Waals surface area contributed by atoms with Crippen LogP contribution in [0, 0.1) is 6.92 Å². The van der Waals surface area contributed by atoms with Gasteiger partial charge < -0.3 is 10.6 Å². The Kier molecular flexibility index (Phi) is 3.29.